The number of methoxy groups -OCH3 is 1. The minimum atomic E-state index is -0.643. The van der Waals surface area contributed by atoms with E-state index in [1.165, 1.54) is 5.56 Å². The predicted molar refractivity (Wildman–Crippen MR) is 78.2 cm³/mol. The number of aliphatic carboxylic acids is 1. The molecule has 2 rings (SSSR count). The molecule has 0 aromatic heterocycles. The fourth-order valence-electron chi connectivity index (χ4n) is 2.79. The molecule has 1 aromatic carbocycles. The van der Waals surface area contributed by atoms with Crippen LogP contribution in [0.2, 0.25) is 0 Å². The molecule has 0 bridgehead atoms. The van der Waals surface area contributed by atoms with Crippen molar-refractivity contribution in [1.82, 2.24) is 4.90 Å². The molecule has 110 valence electrons. The van der Waals surface area contributed by atoms with Crippen LogP contribution < -0.4 is 4.74 Å². The van der Waals surface area contributed by atoms with Crippen LogP contribution in [0.5, 0.6) is 5.75 Å². The monoisotopic (exact) mass is 277 g/mol. The van der Waals surface area contributed by atoms with Crippen molar-refractivity contribution in [2.24, 2.45) is 5.92 Å². The molecular weight excluding hydrogens is 254 g/mol. The van der Waals surface area contributed by atoms with Crippen LogP contribution in [0.15, 0.2) is 18.2 Å². The normalized spacial score (nSPS) is 17.1. The predicted octanol–water partition coefficient (Wildman–Crippen LogP) is 2.34. The quantitative estimate of drug-likeness (QED) is 0.897. The lowest BCUT2D eigenvalue weighted by Crippen LogP contribution is -2.37. The molecule has 1 fully saturated rings. The van der Waals surface area contributed by atoms with Crippen LogP contribution in [-0.4, -0.2) is 42.7 Å². The van der Waals surface area contributed by atoms with Crippen LogP contribution in [0.3, 0.4) is 0 Å². The van der Waals surface area contributed by atoms with Gasteiger partial charge >= 0.3 is 5.97 Å². The van der Waals surface area contributed by atoms with Crippen LogP contribution in [0.1, 0.15) is 24.0 Å². The number of nitrogens with zero attached hydrogens (tertiary/aromatic N) is 1. The van der Waals surface area contributed by atoms with Crippen molar-refractivity contribution in [3.05, 3.63) is 29.3 Å². The van der Waals surface area contributed by atoms with E-state index in [0.29, 0.717) is 0 Å². The molecule has 4 nitrogen and oxygen atoms in total. The standard InChI is InChI=1S/C16H23NO3/c1-12-11-13(3-4-15(12)20-2)5-8-17-9-6-14(7-10-17)16(18)19/h3-4,11,14H,5-10H2,1-2H3,(H,18,19). The van der Waals surface area contributed by atoms with Gasteiger partial charge in [0.25, 0.3) is 0 Å². The second-order valence-electron chi connectivity index (χ2n) is 5.51. The summed E-state index contributed by atoms with van der Waals surface area (Å²) in [5, 5.41) is 8.98. The summed E-state index contributed by atoms with van der Waals surface area (Å²) in [5.41, 5.74) is 2.47. The number of benzene rings is 1. The highest BCUT2D eigenvalue weighted by Crippen LogP contribution is 2.20. The van der Waals surface area contributed by atoms with Gasteiger partial charge in [-0.3, -0.25) is 4.79 Å². The van der Waals surface area contributed by atoms with Gasteiger partial charge < -0.3 is 14.7 Å². The summed E-state index contributed by atoms with van der Waals surface area (Å²) in [6.45, 7) is 4.84. The molecule has 1 aliphatic rings. The van der Waals surface area contributed by atoms with Crippen molar-refractivity contribution in [3.63, 3.8) is 0 Å². The fraction of sp³-hybridized carbons (Fsp3) is 0.562. The van der Waals surface area contributed by atoms with E-state index in [2.05, 4.69) is 24.0 Å². The van der Waals surface area contributed by atoms with Gasteiger partial charge in [0.15, 0.2) is 0 Å². The molecule has 1 aliphatic heterocycles. The Morgan fingerprint density at radius 2 is 2.10 bits per heavy atom. The molecule has 1 saturated heterocycles. The summed E-state index contributed by atoms with van der Waals surface area (Å²) in [6.07, 6.45) is 2.55. The average molecular weight is 277 g/mol. The lowest BCUT2D eigenvalue weighted by atomic mass is 9.97. The van der Waals surface area contributed by atoms with Crippen molar-refractivity contribution in [1.29, 1.82) is 0 Å². The molecule has 1 heterocycles. The number of rotatable bonds is 5. The third-order valence-corrected chi connectivity index (χ3v) is 4.11. The summed E-state index contributed by atoms with van der Waals surface area (Å²) in [6, 6.07) is 6.29. The van der Waals surface area contributed by atoms with E-state index in [0.717, 1.165) is 50.2 Å². The molecule has 0 amide bonds. The van der Waals surface area contributed by atoms with Gasteiger partial charge in [-0.2, -0.15) is 0 Å². The molecule has 0 aliphatic carbocycles. The van der Waals surface area contributed by atoms with Crippen LogP contribution in [0, 0.1) is 12.8 Å². The summed E-state index contributed by atoms with van der Waals surface area (Å²) in [4.78, 5) is 13.3. The van der Waals surface area contributed by atoms with Crippen LogP contribution in [0.25, 0.3) is 0 Å². The Bertz CT molecular complexity index is 465. The molecule has 4 heteroatoms. The van der Waals surface area contributed by atoms with Gasteiger partial charge in [-0.1, -0.05) is 12.1 Å². The van der Waals surface area contributed by atoms with E-state index >= 15 is 0 Å². The van der Waals surface area contributed by atoms with E-state index in [4.69, 9.17) is 9.84 Å². The topological polar surface area (TPSA) is 49.8 Å². The minimum Gasteiger partial charge on any atom is -0.496 e. The molecule has 1 aromatic rings. The highest BCUT2D eigenvalue weighted by molar-refractivity contribution is 5.70. The van der Waals surface area contributed by atoms with Gasteiger partial charge in [0, 0.05) is 6.54 Å². The smallest absolute Gasteiger partial charge is 0.306 e. The Hall–Kier alpha value is -1.55. The Morgan fingerprint density at radius 1 is 1.40 bits per heavy atom. The third kappa shape index (κ3) is 3.73. The molecule has 0 saturated carbocycles. The first-order valence-corrected chi connectivity index (χ1v) is 7.19. The Morgan fingerprint density at radius 3 is 2.65 bits per heavy atom. The molecule has 0 radical (unpaired) electrons. The maximum Gasteiger partial charge on any atom is 0.306 e. The zero-order valence-electron chi connectivity index (χ0n) is 12.3. The van der Waals surface area contributed by atoms with Crippen molar-refractivity contribution in [3.8, 4) is 5.75 Å². The van der Waals surface area contributed by atoms with E-state index in [1.807, 2.05) is 6.07 Å². The molecule has 0 atom stereocenters. The first-order valence-electron chi connectivity index (χ1n) is 7.19. The second-order valence-corrected chi connectivity index (χ2v) is 5.51. The highest BCUT2D eigenvalue weighted by Gasteiger charge is 2.23. The van der Waals surface area contributed by atoms with E-state index in [1.54, 1.807) is 7.11 Å². The van der Waals surface area contributed by atoms with E-state index < -0.39 is 5.97 Å². The Kier molecular flexibility index (Phi) is 5.01. The zero-order chi connectivity index (χ0) is 14.5. The molecule has 0 spiro atoms. The maximum atomic E-state index is 10.9. The summed E-state index contributed by atoms with van der Waals surface area (Å²) < 4.78 is 5.26. The minimum absolute atomic E-state index is 0.144. The van der Waals surface area contributed by atoms with E-state index in [9.17, 15) is 4.79 Å². The lowest BCUT2D eigenvalue weighted by molar-refractivity contribution is -0.143. The number of piperidine rings is 1. The molecule has 0 unspecified atom stereocenters. The first kappa shape index (κ1) is 14.9. The van der Waals surface area contributed by atoms with Gasteiger partial charge in [0.2, 0.25) is 0 Å². The summed E-state index contributed by atoms with van der Waals surface area (Å²) in [5.74, 6) is 0.140. The first-order chi connectivity index (χ1) is 9.60. The SMILES string of the molecule is COc1ccc(CCN2CCC(C(=O)O)CC2)cc1C. The number of aryl methyl sites for hydroxylation is 1. The Balaban J connectivity index is 1.81. The molecule has 20 heavy (non-hydrogen) atoms. The van der Waals surface area contributed by atoms with Gasteiger partial charge in [-0.25, -0.2) is 0 Å². The number of ether oxygens (including phenoxy) is 1. The molecule has 1 N–H and O–H groups in total. The van der Waals surface area contributed by atoms with Gasteiger partial charge in [-0.15, -0.1) is 0 Å². The van der Waals surface area contributed by atoms with E-state index in [-0.39, 0.29) is 5.92 Å². The lowest BCUT2D eigenvalue weighted by Gasteiger charge is -2.30. The number of carboxylic acids is 1. The number of carbonyl (C=O) groups is 1. The highest BCUT2D eigenvalue weighted by atomic mass is 16.5. The maximum absolute atomic E-state index is 10.9. The average Bonchev–Trinajstić information content (AvgIpc) is 2.45. The van der Waals surface area contributed by atoms with Crippen LogP contribution >= 0.6 is 0 Å². The third-order valence-electron chi connectivity index (χ3n) is 4.11. The summed E-state index contributed by atoms with van der Waals surface area (Å²) >= 11 is 0. The van der Waals surface area contributed by atoms with Crippen molar-refractivity contribution in [2.75, 3.05) is 26.7 Å². The van der Waals surface area contributed by atoms with Gasteiger partial charge in [0.05, 0.1) is 13.0 Å². The van der Waals surface area contributed by atoms with Crippen LogP contribution in [0.4, 0.5) is 0 Å². The fourth-order valence-corrected chi connectivity index (χ4v) is 2.79. The second kappa shape index (κ2) is 6.75. The van der Waals surface area contributed by atoms with Crippen molar-refractivity contribution < 1.29 is 14.6 Å². The van der Waals surface area contributed by atoms with Gasteiger partial charge in [0.1, 0.15) is 5.75 Å². The largest absolute Gasteiger partial charge is 0.496 e. The molecular formula is C16H23NO3. The van der Waals surface area contributed by atoms with Crippen LogP contribution in [-0.2, 0) is 11.2 Å². The number of likely N-dealkylation sites (tertiary alicyclic amines) is 1. The Labute approximate surface area is 120 Å². The van der Waals surface area contributed by atoms with Crippen molar-refractivity contribution in [2.45, 2.75) is 26.2 Å². The number of hydrogen-bond donors (Lipinski definition) is 1. The number of carboxylic acid groups (broad SMARTS) is 1. The van der Waals surface area contributed by atoms with Crippen molar-refractivity contribution >= 4 is 5.97 Å². The number of hydrogen-bond acceptors (Lipinski definition) is 3. The van der Waals surface area contributed by atoms with Gasteiger partial charge in [-0.05, 0) is 56.5 Å². The summed E-state index contributed by atoms with van der Waals surface area (Å²) in [7, 11) is 1.69. The zero-order valence-corrected chi connectivity index (χ0v) is 12.3.